The molecule has 3 amide bonds. The van der Waals surface area contributed by atoms with Crippen molar-refractivity contribution in [3.63, 3.8) is 0 Å². The van der Waals surface area contributed by atoms with Crippen LogP contribution in [0.3, 0.4) is 0 Å². The first-order valence-corrected chi connectivity index (χ1v) is 13.4. The van der Waals surface area contributed by atoms with Crippen LogP contribution in [0.2, 0.25) is 0 Å². The molecule has 1 aromatic rings. The highest BCUT2D eigenvalue weighted by Crippen LogP contribution is 2.38. The Hall–Kier alpha value is -2.38. The van der Waals surface area contributed by atoms with Crippen molar-refractivity contribution >= 4 is 34.8 Å². The second-order valence-electron chi connectivity index (χ2n) is 9.89. The number of rotatable bonds is 5. The van der Waals surface area contributed by atoms with Gasteiger partial charge in [0, 0.05) is 50.5 Å². The minimum absolute atomic E-state index is 0. The average Bonchev–Trinajstić information content (AvgIpc) is 3.57. The third-order valence-corrected chi connectivity index (χ3v) is 7.97. The Morgan fingerprint density at radius 3 is 2.39 bits per heavy atom. The van der Waals surface area contributed by atoms with Crippen molar-refractivity contribution in [2.45, 2.75) is 44.6 Å². The van der Waals surface area contributed by atoms with Crippen molar-refractivity contribution in [1.82, 2.24) is 15.1 Å². The highest BCUT2D eigenvalue weighted by atomic mass is 32.2. The van der Waals surface area contributed by atoms with Crippen LogP contribution < -0.4 is 15.5 Å². The molecule has 1 N–H and O–H groups in total. The van der Waals surface area contributed by atoms with E-state index in [9.17, 15) is 14.4 Å². The fourth-order valence-electron chi connectivity index (χ4n) is 6.10. The number of fused-ring (bicyclic) bond motifs is 2. The maximum Gasteiger partial charge on any atom is 1.00 e. The molecule has 12 heteroatoms. The molecule has 1 aliphatic carbocycles. The Morgan fingerprint density at radius 2 is 1.81 bits per heavy atom. The van der Waals surface area contributed by atoms with Gasteiger partial charge in [0.1, 0.15) is 0 Å². The third kappa shape index (κ3) is 5.94. The minimum Gasteiger partial charge on any atom is -0.750 e. The lowest BCUT2D eigenvalue weighted by atomic mass is 10.0. The number of amides is 3. The van der Waals surface area contributed by atoms with Crippen molar-refractivity contribution < 1.29 is 34.2 Å². The molecule has 1 unspecified atom stereocenters. The number of hydrogen-bond acceptors (Lipinski definition) is 8. The second-order valence-corrected chi connectivity index (χ2v) is 10.4. The summed E-state index contributed by atoms with van der Waals surface area (Å²) in [7, 11) is 1.61. The lowest BCUT2D eigenvalue weighted by Gasteiger charge is -2.37. The Bertz CT molecular complexity index is 1010. The van der Waals surface area contributed by atoms with E-state index in [1.54, 1.807) is 13.1 Å². The number of benzene rings is 1. The standard InChI is InChI=1S/C24H32N4O3.H2O4S/c1-25-24(31)16-5-6-21-19(11-16)12-22(29)28(21)20-7-9-26(10-8-20)15-23(30)27-13-17-3-2-4-18(17)14-27;1-4-5(2)3/h5-6,11,17-18,20H,2-4,7-10,12-15H2,1H3,(H,25,31);1H,(H,2,3)/p-1/t17-,18+;. The van der Waals surface area contributed by atoms with E-state index >= 15 is 0 Å². The van der Waals surface area contributed by atoms with E-state index in [-0.39, 0.29) is 25.2 Å². The van der Waals surface area contributed by atoms with Crippen molar-refractivity contribution in [2.75, 3.05) is 44.7 Å². The summed E-state index contributed by atoms with van der Waals surface area (Å²) in [5.74, 6) is 1.73. The van der Waals surface area contributed by atoms with Gasteiger partial charge in [0.05, 0.1) is 24.3 Å². The van der Waals surface area contributed by atoms with Crippen LogP contribution in [0.15, 0.2) is 18.2 Å². The molecule has 3 fully saturated rings. The van der Waals surface area contributed by atoms with Crippen molar-refractivity contribution in [3.8, 4) is 0 Å². The molecular weight excluding hydrogens is 488 g/mol. The van der Waals surface area contributed by atoms with Crippen LogP contribution in [0.4, 0.5) is 5.69 Å². The SMILES string of the molecule is CNC(=O)c1ccc2c(c1)CC(=O)N2C1CCN(CC(=O)N2C[C@H]3CCC[C@H]3C2)CC1.O=S([O-])O[O-].[H+]. The Kier molecular flexibility index (Phi) is 8.73. The number of carbonyl (C=O) groups excluding carboxylic acids is 3. The molecule has 2 saturated heterocycles. The molecule has 0 bridgehead atoms. The highest BCUT2D eigenvalue weighted by Gasteiger charge is 2.39. The fourth-order valence-corrected chi connectivity index (χ4v) is 6.10. The van der Waals surface area contributed by atoms with Crippen LogP contribution >= 0.6 is 0 Å². The van der Waals surface area contributed by atoms with E-state index in [0.717, 1.165) is 62.1 Å². The highest BCUT2D eigenvalue weighted by molar-refractivity contribution is 7.73. The molecule has 36 heavy (non-hydrogen) atoms. The number of nitrogens with one attached hydrogen (secondary N) is 1. The quantitative estimate of drug-likeness (QED) is 0.320. The van der Waals surface area contributed by atoms with Crippen molar-refractivity contribution in [1.29, 1.82) is 0 Å². The summed E-state index contributed by atoms with van der Waals surface area (Å²) in [6, 6.07) is 5.70. The summed E-state index contributed by atoms with van der Waals surface area (Å²) < 4.78 is 20.1. The smallest absolute Gasteiger partial charge is 0.750 e. The second kappa shape index (κ2) is 11.8. The van der Waals surface area contributed by atoms with Crippen LogP contribution in [0.25, 0.3) is 0 Å². The van der Waals surface area contributed by atoms with E-state index in [0.29, 0.717) is 18.5 Å². The van der Waals surface area contributed by atoms with Gasteiger partial charge in [-0.05, 0) is 61.3 Å². The van der Waals surface area contributed by atoms with E-state index in [1.807, 2.05) is 17.0 Å². The van der Waals surface area contributed by atoms with E-state index in [2.05, 4.69) is 19.5 Å². The van der Waals surface area contributed by atoms with Crippen LogP contribution in [0.5, 0.6) is 0 Å². The van der Waals surface area contributed by atoms with Gasteiger partial charge in [0.15, 0.2) is 0 Å². The van der Waals surface area contributed by atoms with Crippen molar-refractivity contribution in [2.24, 2.45) is 11.8 Å². The third-order valence-electron chi connectivity index (χ3n) is 7.85. The normalized spacial score (nSPS) is 24.7. The number of piperidine rings is 1. The van der Waals surface area contributed by atoms with Gasteiger partial charge in [0.2, 0.25) is 11.8 Å². The van der Waals surface area contributed by atoms with Gasteiger partial charge in [-0.1, -0.05) is 6.42 Å². The molecule has 198 valence electrons. The topological polar surface area (TPSA) is 145 Å². The largest absolute Gasteiger partial charge is 1.00 e. The Balaban J connectivity index is 0.000000581. The summed E-state index contributed by atoms with van der Waals surface area (Å²) in [5, 5.41) is 11.2. The molecule has 0 aromatic heterocycles. The van der Waals surface area contributed by atoms with E-state index < -0.39 is 11.4 Å². The van der Waals surface area contributed by atoms with Gasteiger partial charge < -0.3 is 29.3 Å². The van der Waals surface area contributed by atoms with Crippen LogP contribution in [0.1, 0.15) is 49.5 Å². The maximum atomic E-state index is 12.8. The molecule has 0 radical (unpaired) electrons. The van der Waals surface area contributed by atoms with Crippen LogP contribution in [-0.4, -0.2) is 82.1 Å². The molecule has 0 spiro atoms. The van der Waals surface area contributed by atoms with Crippen molar-refractivity contribution in [3.05, 3.63) is 29.3 Å². The summed E-state index contributed by atoms with van der Waals surface area (Å²) in [5.41, 5.74) is 2.47. The molecule has 11 nitrogen and oxygen atoms in total. The molecule has 1 saturated carbocycles. The first-order valence-electron chi connectivity index (χ1n) is 12.4. The summed E-state index contributed by atoms with van der Waals surface area (Å²) >= 11 is -2.88. The molecule has 3 aliphatic heterocycles. The summed E-state index contributed by atoms with van der Waals surface area (Å²) in [6.45, 7) is 4.10. The zero-order valence-electron chi connectivity index (χ0n) is 21.3. The molecule has 3 atom stereocenters. The molecule has 4 aliphatic rings. The Labute approximate surface area is 214 Å². The summed E-state index contributed by atoms with van der Waals surface area (Å²) in [4.78, 5) is 43.7. The number of likely N-dealkylation sites (tertiary alicyclic amines) is 2. The van der Waals surface area contributed by atoms with Gasteiger partial charge >= 0.3 is 1.43 Å². The first-order chi connectivity index (χ1) is 17.3. The average molecular weight is 522 g/mol. The van der Waals surface area contributed by atoms with Gasteiger partial charge in [-0.2, -0.15) is 0 Å². The number of anilines is 1. The molecule has 3 heterocycles. The van der Waals surface area contributed by atoms with E-state index in [1.165, 1.54) is 19.3 Å². The molecular formula is C24H33N4O7S-. The predicted molar refractivity (Wildman–Crippen MR) is 129 cm³/mol. The summed E-state index contributed by atoms with van der Waals surface area (Å²) in [6.07, 6.45) is 6.01. The minimum atomic E-state index is -2.88. The zero-order chi connectivity index (χ0) is 25.8. The lowest BCUT2D eigenvalue weighted by Crippen LogP contribution is -2.49. The van der Waals surface area contributed by atoms with Gasteiger partial charge in [-0.3, -0.25) is 19.3 Å². The Morgan fingerprint density at radius 1 is 1.17 bits per heavy atom. The van der Waals surface area contributed by atoms with Gasteiger partial charge in [-0.15, -0.1) is 0 Å². The monoisotopic (exact) mass is 521 g/mol. The zero-order valence-corrected chi connectivity index (χ0v) is 21.2. The number of carbonyl (C=O) groups is 3. The number of nitrogens with zero attached hydrogens (tertiary/aromatic N) is 3. The number of hydrogen-bond donors (Lipinski definition) is 1. The van der Waals surface area contributed by atoms with Crippen LogP contribution in [-0.2, 0) is 31.7 Å². The van der Waals surface area contributed by atoms with Gasteiger partial charge in [0.25, 0.3) is 5.91 Å². The van der Waals surface area contributed by atoms with Crippen LogP contribution in [0, 0.1) is 11.8 Å². The van der Waals surface area contributed by atoms with Gasteiger partial charge in [-0.25, -0.2) is 4.21 Å². The molecule has 5 rings (SSSR count). The first kappa shape index (κ1) is 26.7. The predicted octanol–water partition coefficient (Wildman–Crippen LogP) is -0.157. The molecule has 1 aromatic carbocycles. The maximum absolute atomic E-state index is 12.8. The fraction of sp³-hybridized carbons (Fsp3) is 0.625. The van der Waals surface area contributed by atoms with E-state index in [4.69, 9.17) is 14.0 Å². The lowest BCUT2D eigenvalue weighted by molar-refractivity contribution is -0.635.